The minimum Gasteiger partial charge on any atom is -0.492 e. The maximum absolute atomic E-state index is 10.8. The highest BCUT2D eigenvalue weighted by Crippen LogP contribution is 2.25. The largest absolute Gasteiger partial charge is 0.492 e. The molecule has 7 heteroatoms. The van der Waals surface area contributed by atoms with Crippen LogP contribution in [0.25, 0.3) is 0 Å². The Balaban J connectivity index is 2.05. The molecule has 2 heterocycles. The van der Waals surface area contributed by atoms with Crippen molar-refractivity contribution in [1.29, 1.82) is 0 Å². The molecule has 0 unspecified atom stereocenters. The van der Waals surface area contributed by atoms with Crippen LogP contribution < -0.4 is 4.90 Å². The van der Waals surface area contributed by atoms with Gasteiger partial charge in [0.25, 0.3) is 0 Å². The number of carboxylic acids is 1. The molecule has 1 aliphatic heterocycles. The average Bonchev–Trinajstić information content (AvgIpc) is 2.33. The lowest BCUT2D eigenvalue weighted by Gasteiger charge is -2.29. The average molecular weight is 258 g/mol. The fourth-order valence-corrected chi connectivity index (χ4v) is 1.92. The second-order valence-electron chi connectivity index (χ2n) is 3.94. The molecule has 0 amide bonds. The van der Waals surface area contributed by atoms with Gasteiger partial charge in [-0.05, 0) is 12.8 Å². The first-order valence-electron chi connectivity index (χ1n) is 5.27. The zero-order valence-electron chi connectivity index (χ0n) is 9.01. The summed E-state index contributed by atoms with van der Waals surface area (Å²) in [6.07, 6.45) is 2.45. The first-order chi connectivity index (χ1) is 8.08. The summed E-state index contributed by atoms with van der Waals surface area (Å²) in [5.74, 6) is -0.926. The summed E-state index contributed by atoms with van der Waals surface area (Å²) in [4.78, 5) is 20.5. The maximum Gasteiger partial charge on any atom is 0.306 e. The molecule has 1 aromatic heterocycles. The van der Waals surface area contributed by atoms with Gasteiger partial charge in [0, 0.05) is 13.1 Å². The monoisotopic (exact) mass is 257 g/mol. The lowest BCUT2D eigenvalue weighted by Crippen LogP contribution is -2.37. The summed E-state index contributed by atoms with van der Waals surface area (Å²) in [5, 5.41) is 18.3. The number of nitrogens with zero attached hydrogens (tertiary/aromatic N) is 3. The Morgan fingerprint density at radius 3 is 2.65 bits per heavy atom. The Morgan fingerprint density at radius 2 is 2.12 bits per heavy atom. The number of hydrogen-bond donors (Lipinski definition) is 2. The highest BCUT2D eigenvalue weighted by atomic mass is 35.5. The van der Waals surface area contributed by atoms with E-state index in [1.165, 1.54) is 6.20 Å². The predicted octanol–water partition coefficient (Wildman–Crippen LogP) is 1.14. The maximum atomic E-state index is 10.8. The molecule has 2 rings (SSSR count). The summed E-state index contributed by atoms with van der Waals surface area (Å²) >= 11 is 5.61. The molecule has 0 aromatic carbocycles. The van der Waals surface area contributed by atoms with Gasteiger partial charge in [0.05, 0.1) is 12.1 Å². The highest BCUT2D eigenvalue weighted by Gasteiger charge is 2.25. The standard InChI is InChI=1S/C10H12ClN3O3/c11-7-5-12-10(13-8(7)15)14-3-1-6(2-4-14)9(16)17/h5-6H,1-4H2,(H,16,17)(H,12,13,15). The van der Waals surface area contributed by atoms with Crippen LogP contribution in [0.2, 0.25) is 5.02 Å². The van der Waals surface area contributed by atoms with E-state index in [0.29, 0.717) is 31.9 Å². The quantitative estimate of drug-likeness (QED) is 0.826. The van der Waals surface area contributed by atoms with E-state index in [-0.39, 0.29) is 16.8 Å². The molecule has 1 aromatic rings. The van der Waals surface area contributed by atoms with Crippen molar-refractivity contribution in [3.05, 3.63) is 11.2 Å². The summed E-state index contributed by atoms with van der Waals surface area (Å²) in [6.45, 7) is 1.13. The molecule has 1 saturated heterocycles. The molecular formula is C10H12ClN3O3. The smallest absolute Gasteiger partial charge is 0.306 e. The summed E-state index contributed by atoms with van der Waals surface area (Å²) in [5.41, 5.74) is 0. The van der Waals surface area contributed by atoms with E-state index in [1.54, 1.807) is 0 Å². The second-order valence-corrected chi connectivity index (χ2v) is 4.35. The second kappa shape index (κ2) is 4.75. The SMILES string of the molecule is O=C(O)C1CCN(c2ncc(Cl)c(O)n2)CC1. The van der Waals surface area contributed by atoms with E-state index in [2.05, 4.69) is 9.97 Å². The number of aromatic nitrogens is 2. The molecule has 0 spiro atoms. The van der Waals surface area contributed by atoms with E-state index < -0.39 is 5.97 Å². The van der Waals surface area contributed by atoms with Crippen LogP contribution in [0.5, 0.6) is 5.88 Å². The molecule has 0 aliphatic carbocycles. The van der Waals surface area contributed by atoms with Crippen LogP contribution >= 0.6 is 11.6 Å². The zero-order valence-corrected chi connectivity index (χ0v) is 9.76. The number of anilines is 1. The van der Waals surface area contributed by atoms with Crippen molar-refractivity contribution in [3.63, 3.8) is 0 Å². The van der Waals surface area contributed by atoms with Gasteiger partial charge in [-0.25, -0.2) is 4.98 Å². The van der Waals surface area contributed by atoms with Crippen LogP contribution in [0.1, 0.15) is 12.8 Å². The van der Waals surface area contributed by atoms with Crippen molar-refractivity contribution >= 4 is 23.5 Å². The molecule has 92 valence electrons. The molecule has 0 radical (unpaired) electrons. The van der Waals surface area contributed by atoms with Crippen molar-refractivity contribution in [1.82, 2.24) is 9.97 Å². The Hall–Kier alpha value is -1.56. The van der Waals surface area contributed by atoms with Gasteiger partial charge in [-0.1, -0.05) is 11.6 Å². The molecule has 0 bridgehead atoms. The predicted molar refractivity (Wildman–Crippen MR) is 61.3 cm³/mol. The topological polar surface area (TPSA) is 86.5 Å². The third kappa shape index (κ3) is 2.58. The third-order valence-electron chi connectivity index (χ3n) is 2.84. The summed E-state index contributed by atoms with van der Waals surface area (Å²) in [6, 6.07) is 0. The Morgan fingerprint density at radius 1 is 1.47 bits per heavy atom. The Labute approximate surface area is 103 Å². The van der Waals surface area contributed by atoms with E-state index in [0.717, 1.165) is 0 Å². The van der Waals surface area contributed by atoms with Gasteiger partial charge >= 0.3 is 5.97 Å². The first-order valence-corrected chi connectivity index (χ1v) is 5.65. The number of halogens is 1. The molecule has 0 atom stereocenters. The van der Waals surface area contributed by atoms with E-state index in [1.807, 2.05) is 4.90 Å². The number of carbonyl (C=O) groups is 1. The van der Waals surface area contributed by atoms with Crippen LogP contribution in [0, 0.1) is 5.92 Å². The number of piperidine rings is 1. The number of hydrogen-bond acceptors (Lipinski definition) is 5. The van der Waals surface area contributed by atoms with Gasteiger partial charge in [-0.15, -0.1) is 0 Å². The number of carboxylic acid groups (broad SMARTS) is 1. The van der Waals surface area contributed by atoms with E-state index >= 15 is 0 Å². The summed E-state index contributed by atoms with van der Waals surface area (Å²) in [7, 11) is 0. The van der Waals surface area contributed by atoms with Gasteiger partial charge in [-0.2, -0.15) is 4.98 Å². The minimum absolute atomic E-state index is 0.106. The van der Waals surface area contributed by atoms with Crippen LogP contribution in [0.3, 0.4) is 0 Å². The van der Waals surface area contributed by atoms with Crippen molar-refractivity contribution < 1.29 is 15.0 Å². The van der Waals surface area contributed by atoms with E-state index in [4.69, 9.17) is 16.7 Å². The van der Waals surface area contributed by atoms with Crippen LogP contribution in [-0.2, 0) is 4.79 Å². The minimum atomic E-state index is -0.760. The zero-order chi connectivity index (χ0) is 12.4. The third-order valence-corrected chi connectivity index (χ3v) is 3.11. The van der Waals surface area contributed by atoms with Gasteiger partial charge < -0.3 is 15.1 Å². The molecule has 2 N–H and O–H groups in total. The first kappa shape index (κ1) is 11.9. The fourth-order valence-electron chi connectivity index (χ4n) is 1.83. The molecule has 1 fully saturated rings. The summed E-state index contributed by atoms with van der Waals surface area (Å²) < 4.78 is 0. The normalized spacial score (nSPS) is 17.1. The van der Waals surface area contributed by atoms with Crippen LogP contribution in [-0.4, -0.2) is 39.2 Å². The molecule has 17 heavy (non-hydrogen) atoms. The molecule has 6 nitrogen and oxygen atoms in total. The molecular weight excluding hydrogens is 246 g/mol. The van der Waals surface area contributed by atoms with E-state index in [9.17, 15) is 9.90 Å². The van der Waals surface area contributed by atoms with Crippen molar-refractivity contribution in [2.45, 2.75) is 12.8 Å². The van der Waals surface area contributed by atoms with Gasteiger partial charge in [0.15, 0.2) is 0 Å². The Kier molecular flexibility index (Phi) is 3.33. The van der Waals surface area contributed by atoms with Crippen molar-refractivity contribution in [2.24, 2.45) is 5.92 Å². The molecule has 0 saturated carbocycles. The Bertz CT molecular complexity index is 433. The van der Waals surface area contributed by atoms with Gasteiger partial charge in [0.2, 0.25) is 11.8 Å². The fraction of sp³-hybridized carbons (Fsp3) is 0.500. The number of aromatic hydroxyl groups is 1. The van der Waals surface area contributed by atoms with Crippen LogP contribution in [0.15, 0.2) is 6.20 Å². The van der Waals surface area contributed by atoms with Crippen molar-refractivity contribution in [2.75, 3.05) is 18.0 Å². The lowest BCUT2D eigenvalue weighted by atomic mass is 9.97. The number of aliphatic carboxylic acids is 1. The van der Waals surface area contributed by atoms with Crippen LogP contribution in [0.4, 0.5) is 5.95 Å². The molecule has 1 aliphatic rings. The lowest BCUT2D eigenvalue weighted by molar-refractivity contribution is -0.142. The van der Waals surface area contributed by atoms with Crippen molar-refractivity contribution in [3.8, 4) is 5.88 Å². The highest BCUT2D eigenvalue weighted by molar-refractivity contribution is 6.31. The number of rotatable bonds is 2. The van der Waals surface area contributed by atoms with Gasteiger partial charge in [0.1, 0.15) is 5.02 Å². The van der Waals surface area contributed by atoms with Gasteiger partial charge in [-0.3, -0.25) is 4.79 Å².